The molecule has 1 atom stereocenters. The molecular weight excluding hydrogens is 298 g/mol. The van der Waals surface area contributed by atoms with Gasteiger partial charge in [-0.05, 0) is 75.2 Å². The fourth-order valence-electron chi connectivity index (χ4n) is 6.40. The van der Waals surface area contributed by atoms with Crippen LogP contribution in [0.2, 0.25) is 0 Å². The van der Waals surface area contributed by atoms with Gasteiger partial charge < -0.3 is 10.6 Å². The fraction of sp³-hybridized carbons (Fsp3) is 0.950. The summed E-state index contributed by atoms with van der Waals surface area (Å²) in [6.07, 6.45) is 9.43. The van der Waals surface area contributed by atoms with Gasteiger partial charge >= 0.3 is 0 Å². The molecule has 2 N–H and O–H groups in total. The number of rotatable bonds is 5. The van der Waals surface area contributed by atoms with Crippen molar-refractivity contribution in [2.24, 2.45) is 23.7 Å². The standard InChI is InChI=1S/C20H35N3O/c1-13(2)21-18-4-3-5-23(11-18)12-19(24)22-20-16-7-14-6-15(9-16)10-17(20)8-14/h13-18,20-21H,3-12H2,1-2H3,(H,22,24). The summed E-state index contributed by atoms with van der Waals surface area (Å²) in [5.41, 5.74) is 0. The van der Waals surface area contributed by atoms with Gasteiger partial charge in [0, 0.05) is 24.7 Å². The third-order valence-corrected chi connectivity index (χ3v) is 7.00. The van der Waals surface area contributed by atoms with Crippen LogP contribution in [-0.2, 0) is 4.79 Å². The highest BCUT2D eigenvalue weighted by molar-refractivity contribution is 5.78. The zero-order chi connectivity index (χ0) is 16.7. The molecule has 4 nitrogen and oxygen atoms in total. The maximum Gasteiger partial charge on any atom is 0.234 e. The van der Waals surface area contributed by atoms with Crippen molar-refractivity contribution in [2.75, 3.05) is 19.6 Å². The summed E-state index contributed by atoms with van der Waals surface area (Å²) in [4.78, 5) is 15.0. The van der Waals surface area contributed by atoms with Gasteiger partial charge in [-0.15, -0.1) is 0 Å². The second-order valence-electron chi connectivity index (χ2n) is 9.42. The van der Waals surface area contributed by atoms with Gasteiger partial charge in [0.15, 0.2) is 0 Å². The van der Waals surface area contributed by atoms with Crippen molar-refractivity contribution in [3.8, 4) is 0 Å². The Hall–Kier alpha value is -0.610. The number of carbonyl (C=O) groups excluding carboxylic acids is 1. The zero-order valence-electron chi connectivity index (χ0n) is 15.5. The van der Waals surface area contributed by atoms with Gasteiger partial charge in [0.25, 0.3) is 0 Å². The first-order valence-electron chi connectivity index (χ1n) is 10.3. The van der Waals surface area contributed by atoms with Gasteiger partial charge in [0.05, 0.1) is 6.54 Å². The third-order valence-electron chi connectivity index (χ3n) is 7.00. The van der Waals surface area contributed by atoms with Crippen molar-refractivity contribution in [3.63, 3.8) is 0 Å². The Kier molecular flexibility index (Phi) is 4.88. The predicted molar refractivity (Wildman–Crippen MR) is 96.7 cm³/mol. The number of nitrogens with one attached hydrogen (secondary N) is 2. The molecule has 5 rings (SSSR count). The van der Waals surface area contributed by atoms with Crippen LogP contribution in [-0.4, -0.2) is 48.6 Å². The van der Waals surface area contributed by atoms with Crippen LogP contribution in [0.15, 0.2) is 0 Å². The Labute approximate surface area is 147 Å². The number of likely N-dealkylation sites (tertiary alicyclic amines) is 1. The van der Waals surface area contributed by atoms with Gasteiger partial charge in [-0.2, -0.15) is 0 Å². The summed E-state index contributed by atoms with van der Waals surface area (Å²) in [5, 5.41) is 7.10. The third kappa shape index (κ3) is 3.65. The molecule has 0 aromatic heterocycles. The van der Waals surface area contributed by atoms with Crippen molar-refractivity contribution < 1.29 is 4.79 Å². The summed E-state index contributed by atoms with van der Waals surface area (Å²) in [5.74, 6) is 3.79. The molecule has 1 saturated heterocycles. The highest BCUT2D eigenvalue weighted by atomic mass is 16.2. The van der Waals surface area contributed by atoms with E-state index >= 15 is 0 Å². The molecule has 0 aromatic carbocycles. The van der Waals surface area contributed by atoms with Crippen LogP contribution < -0.4 is 10.6 Å². The van der Waals surface area contributed by atoms with Gasteiger partial charge in [-0.3, -0.25) is 9.69 Å². The predicted octanol–water partition coefficient (Wildman–Crippen LogP) is 2.39. The minimum Gasteiger partial charge on any atom is -0.352 e. The lowest BCUT2D eigenvalue weighted by atomic mass is 9.54. The molecule has 1 amide bonds. The molecule has 1 unspecified atom stereocenters. The zero-order valence-corrected chi connectivity index (χ0v) is 15.5. The Bertz CT molecular complexity index is 436. The molecule has 4 heteroatoms. The Balaban J connectivity index is 1.28. The van der Waals surface area contributed by atoms with Gasteiger partial charge in [-0.25, -0.2) is 0 Å². The van der Waals surface area contributed by atoms with E-state index in [-0.39, 0.29) is 5.91 Å². The molecule has 5 fully saturated rings. The average molecular weight is 334 g/mol. The lowest BCUT2D eigenvalue weighted by Crippen LogP contribution is -2.57. The van der Waals surface area contributed by atoms with E-state index in [0.29, 0.717) is 24.7 Å². The van der Waals surface area contributed by atoms with Crippen molar-refractivity contribution in [1.82, 2.24) is 15.5 Å². The second-order valence-corrected chi connectivity index (χ2v) is 9.42. The summed E-state index contributed by atoms with van der Waals surface area (Å²) < 4.78 is 0. The Morgan fingerprint density at radius 3 is 2.38 bits per heavy atom. The highest BCUT2D eigenvalue weighted by Gasteiger charge is 2.48. The first-order valence-corrected chi connectivity index (χ1v) is 10.3. The second kappa shape index (κ2) is 6.95. The fourth-order valence-corrected chi connectivity index (χ4v) is 6.40. The Morgan fingerprint density at radius 2 is 1.75 bits per heavy atom. The monoisotopic (exact) mass is 333 g/mol. The van der Waals surface area contributed by atoms with Crippen LogP contribution >= 0.6 is 0 Å². The molecule has 1 heterocycles. The van der Waals surface area contributed by atoms with Gasteiger partial charge in [0.1, 0.15) is 0 Å². The molecule has 1 aliphatic heterocycles. The van der Waals surface area contributed by atoms with Crippen LogP contribution in [0.4, 0.5) is 0 Å². The summed E-state index contributed by atoms with van der Waals surface area (Å²) in [6.45, 7) is 7.10. The van der Waals surface area contributed by atoms with Gasteiger partial charge in [-0.1, -0.05) is 13.8 Å². The molecule has 4 saturated carbocycles. The number of piperidine rings is 1. The molecular formula is C20H35N3O. The summed E-state index contributed by atoms with van der Waals surface area (Å²) >= 11 is 0. The van der Waals surface area contributed by atoms with Crippen molar-refractivity contribution >= 4 is 5.91 Å². The van der Waals surface area contributed by atoms with E-state index in [2.05, 4.69) is 29.4 Å². The van der Waals surface area contributed by atoms with E-state index in [1.807, 2.05) is 0 Å². The minimum absolute atomic E-state index is 0.276. The van der Waals surface area contributed by atoms with Crippen LogP contribution in [0.5, 0.6) is 0 Å². The lowest BCUT2D eigenvalue weighted by Gasteiger charge is -2.54. The van der Waals surface area contributed by atoms with E-state index in [9.17, 15) is 4.79 Å². The van der Waals surface area contributed by atoms with E-state index < -0.39 is 0 Å². The molecule has 0 aromatic rings. The van der Waals surface area contributed by atoms with Gasteiger partial charge in [0.2, 0.25) is 5.91 Å². The number of carbonyl (C=O) groups is 1. The molecule has 5 aliphatic rings. The molecule has 4 aliphatic carbocycles. The lowest BCUT2D eigenvalue weighted by molar-refractivity contribution is -0.126. The first kappa shape index (κ1) is 16.8. The van der Waals surface area contributed by atoms with Crippen LogP contribution in [0.3, 0.4) is 0 Å². The van der Waals surface area contributed by atoms with E-state index in [0.717, 1.165) is 36.8 Å². The number of hydrogen-bond donors (Lipinski definition) is 2. The minimum atomic E-state index is 0.276. The molecule has 0 radical (unpaired) electrons. The molecule has 24 heavy (non-hydrogen) atoms. The Morgan fingerprint density at radius 1 is 1.08 bits per heavy atom. The van der Waals surface area contributed by atoms with Crippen molar-refractivity contribution in [3.05, 3.63) is 0 Å². The summed E-state index contributed by atoms with van der Waals surface area (Å²) in [6, 6.07) is 1.56. The number of amides is 1. The van der Waals surface area contributed by atoms with Crippen LogP contribution in [0.1, 0.15) is 58.8 Å². The van der Waals surface area contributed by atoms with E-state index in [1.54, 1.807) is 0 Å². The van der Waals surface area contributed by atoms with Crippen molar-refractivity contribution in [2.45, 2.75) is 76.9 Å². The quantitative estimate of drug-likeness (QED) is 0.812. The molecule has 4 bridgehead atoms. The van der Waals surface area contributed by atoms with Crippen LogP contribution in [0.25, 0.3) is 0 Å². The van der Waals surface area contributed by atoms with E-state index in [1.165, 1.54) is 44.9 Å². The largest absolute Gasteiger partial charge is 0.352 e. The highest BCUT2D eigenvalue weighted by Crippen LogP contribution is 2.53. The molecule has 136 valence electrons. The summed E-state index contributed by atoms with van der Waals surface area (Å²) in [7, 11) is 0. The SMILES string of the molecule is CC(C)NC1CCCN(CC(=O)NC2C3CC4CC(C3)CC2C4)C1. The van der Waals surface area contributed by atoms with Crippen LogP contribution in [0, 0.1) is 23.7 Å². The van der Waals surface area contributed by atoms with Crippen molar-refractivity contribution in [1.29, 1.82) is 0 Å². The number of hydrogen-bond acceptors (Lipinski definition) is 3. The average Bonchev–Trinajstić information content (AvgIpc) is 2.50. The van der Waals surface area contributed by atoms with E-state index in [4.69, 9.17) is 0 Å². The maximum absolute atomic E-state index is 12.7. The maximum atomic E-state index is 12.7. The topological polar surface area (TPSA) is 44.4 Å². The normalized spacial score (nSPS) is 41.8. The first-order chi connectivity index (χ1) is 11.6. The molecule has 0 spiro atoms. The number of nitrogens with zero attached hydrogens (tertiary/aromatic N) is 1. The smallest absolute Gasteiger partial charge is 0.234 e.